The van der Waals surface area contributed by atoms with Crippen LogP contribution in [-0.2, 0) is 34.5 Å². The molecule has 0 saturated heterocycles. The molecule has 2 heterocycles. The summed E-state index contributed by atoms with van der Waals surface area (Å²) in [6, 6.07) is 72.4. The number of aromatic carboxylic acids is 2. The molecule has 0 saturated carbocycles. The van der Waals surface area contributed by atoms with Crippen LogP contribution in [0.3, 0.4) is 0 Å². The minimum absolute atomic E-state index is 0.0740. The van der Waals surface area contributed by atoms with Crippen LogP contribution in [0.25, 0.3) is 127 Å². The molecule has 0 radical (unpaired) electrons. The van der Waals surface area contributed by atoms with Gasteiger partial charge in [-0.05, 0) is 345 Å². The molecule has 2 aliphatic heterocycles. The molecule has 0 fully saturated rings. The second-order valence-corrected chi connectivity index (χ2v) is 45.0. The van der Waals surface area contributed by atoms with Crippen molar-refractivity contribution in [2.24, 2.45) is 0 Å². The molecule has 14 heteroatoms. The van der Waals surface area contributed by atoms with Crippen LogP contribution in [0.2, 0.25) is 0 Å². The fourth-order valence-corrected chi connectivity index (χ4v) is 23.5. The van der Waals surface area contributed by atoms with Crippen LogP contribution in [0.5, 0.6) is 40.2 Å². The smallest absolute Gasteiger partial charge is 0.335 e. The van der Waals surface area contributed by atoms with Crippen molar-refractivity contribution in [3.63, 3.8) is 0 Å². The normalized spacial score (nSPS) is 16.2. The molecule has 3 amide bonds. The first-order chi connectivity index (χ1) is 66.6. The molecular formula is C126H112N2O12. The molecule has 5 aliphatic carbocycles. The lowest BCUT2D eigenvalue weighted by Crippen LogP contribution is -2.48. The lowest BCUT2D eigenvalue weighted by atomic mass is 9.66. The Morgan fingerprint density at radius 1 is 0.350 bits per heavy atom. The maximum atomic E-state index is 16.5. The second-order valence-electron chi connectivity index (χ2n) is 45.0. The van der Waals surface area contributed by atoms with Gasteiger partial charge in [-0.15, -0.1) is 0 Å². The Bertz CT molecular complexity index is 8080. The number of ether oxygens (including phenoxy) is 4. The number of aliphatic hydroxyl groups excluding tert-OH is 1. The number of carbonyl (C=O) groups is 5. The third-order valence-electron chi connectivity index (χ3n) is 30.7. The van der Waals surface area contributed by atoms with Gasteiger partial charge in [0.1, 0.15) is 46.4 Å². The van der Waals surface area contributed by atoms with Gasteiger partial charge >= 0.3 is 11.9 Å². The SMILES string of the molecule is CC(C)c1cc(C(=O)O)cc(C(C)C)c1N1C(=O)c2cc(Oc3ccc(C(C)(C)C)cc3)c3c4ccc5c6c(ccc(c7c(Oc8ccc(C(C)(C)C)cc8)cc(c2c37)C1=O)c64)-c1cc2c(cc1-5)/C=C\c1cc3c(cc1CC2)-c1ccc2c4c(ccc-3c14)-c1c(Oc3ccc(C(C)(C)C)cc3)cc3c4c1[C@@H]2[C@@H](Oc1ccc(C(C)(C)C)cc1)C=C4C(O)N(c1c(C(C)C)cc(C(=O)O)cc1C(C)C)C3=O. The van der Waals surface area contributed by atoms with Gasteiger partial charge in [0.15, 0.2) is 6.23 Å². The van der Waals surface area contributed by atoms with Crippen LogP contribution >= 0.6 is 0 Å². The summed E-state index contributed by atoms with van der Waals surface area (Å²) >= 11 is 0. The molecule has 0 spiro atoms. The molecule has 0 bridgehead atoms. The molecule has 0 aromatic heterocycles. The fraction of sp³-hybridized carbons (Fsp3) is 0.262. The van der Waals surface area contributed by atoms with Crippen molar-refractivity contribution in [2.45, 2.75) is 215 Å². The predicted octanol–water partition coefficient (Wildman–Crippen LogP) is 31.6. The summed E-state index contributed by atoms with van der Waals surface area (Å²) in [5.74, 6) is -1.67. The van der Waals surface area contributed by atoms with Crippen molar-refractivity contribution in [3.05, 3.63) is 330 Å². The van der Waals surface area contributed by atoms with E-state index in [1.165, 1.54) is 20.9 Å². The van der Waals surface area contributed by atoms with Crippen LogP contribution in [0.15, 0.2) is 218 Å². The summed E-state index contributed by atoms with van der Waals surface area (Å²) in [7, 11) is 0. The van der Waals surface area contributed by atoms with Gasteiger partial charge in [0.2, 0.25) is 0 Å². The summed E-state index contributed by atoms with van der Waals surface area (Å²) in [4.78, 5) is 77.9. The van der Waals surface area contributed by atoms with E-state index < -0.39 is 47.9 Å². The highest BCUT2D eigenvalue weighted by Gasteiger charge is 2.51. The Balaban J connectivity index is 0.676. The molecule has 140 heavy (non-hydrogen) atoms. The molecule has 1 unspecified atom stereocenters. The quantitative estimate of drug-likeness (QED) is 0.0472. The van der Waals surface area contributed by atoms with Crippen LogP contribution in [0, 0.1) is 0 Å². The number of fused-ring (bicyclic) bond motifs is 12. The summed E-state index contributed by atoms with van der Waals surface area (Å²) in [6.45, 7) is 42.0. The molecule has 698 valence electrons. The summed E-state index contributed by atoms with van der Waals surface area (Å²) in [6.07, 6.45) is 5.86. The number of hydrogen-bond donors (Lipinski definition) is 3. The minimum atomic E-state index is -1.52. The number of imide groups is 1. The van der Waals surface area contributed by atoms with E-state index in [-0.39, 0.29) is 67.6 Å². The Kier molecular flexibility index (Phi) is 20.0. The third-order valence-corrected chi connectivity index (χ3v) is 30.7. The van der Waals surface area contributed by atoms with Crippen molar-refractivity contribution in [1.82, 2.24) is 0 Å². The molecular weight excluding hydrogens is 1730 g/mol. The van der Waals surface area contributed by atoms with Crippen LogP contribution in [-0.4, -0.2) is 57.3 Å². The number of rotatable bonds is 16. The van der Waals surface area contributed by atoms with Gasteiger partial charge in [0, 0.05) is 32.7 Å². The van der Waals surface area contributed by atoms with E-state index in [1.54, 1.807) is 24.3 Å². The Morgan fingerprint density at radius 3 is 1.13 bits per heavy atom. The lowest BCUT2D eigenvalue weighted by molar-refractivity contribution is 0.0686. The van der Waals surface area contributed by atoms with Crippen molar-refractivity contribution in [2.75, 3.05) is 9.80 Å². The van der Waals surface area contributed by atoms with Gasteiger partial charge < -0.3 is 34.3 Å². The van der Waals surface area contributed by atoms with E-state index in [9.17, 15) is 24.9 Å². The maximum Gasteiger partial charge on any atom is 0.335 e. The highest BCUT2D eigenvalue weighted by atomic mass is 16.5. The Morgan fingerprint density at radius 2 is 0.714 bits per heavy atom. The number of carboxylic acids is 2. The van der Waals surface area contributed by atoms with Crippen LogP contribution in [0.4, 0.5) is 11.4 Å². The predicted molar refractivity (Wildman–Crippen MR) is 564 cm³/mol. The average Bonchev–Trinajstić information content (AvgIpc) is 1.18. The van der Waals surface area contributed by atoms with E-state index in [0.29, 0.717) is 101 Å². The molecule has 7 aliphatic rings. The van der Waals surface area contributed by atoms with Gasteiger partial charge in [0.05, 0.1) is 45.1 Å². The number of carbonyl (C=O) groups excluding carboxylic acids is 3. The number of aliphatic hydroxyl groups is 1. The zero-order valence-corrected chi connectivity index (χ0v) is 82.8. The first-order valence-electron chi connectivity index (χ1n) is 49.3. The van der Waals surface area contributed by atoms with E-state index in [1.807, 2.05) is 128 Å². The molecule has 23 rings (SSSR count). The third kappa shape index (κ3) is 13.7. The van der Waals surface area contributed by atoms with Gasteiger partial charge in [0.25, 0.3) is 17.7 Å². The van der Waals surface area contributed by atoms with Gasteiger partial charge in [-0.1, -0.05) is 248 Å². The Hall–Kier alpha value is -14.7. The molecule has 16 aromatic carbocycles. The number of amides is 3. The molecule has 14 nitrogen and oxygen atoms in total. The van der Waals surface area contributed by atoms with E-state index in [4.69, 9.17) is 18.9 Å². The minimum Gasteiger partial charge on any atom is -0.485 e. The summed E-state index contributed by atoms with van der Waals surface area (Å²) in [5.41, 5.74) is 26.5. The Labute approximate surface area is 815 Å². The molecule has 3 atom stereocenters. The maximum absolute atomic E-state index is 16.5. The first kappa shape index (κ1) is 89.2. The van der Waals surface area contributed by atoms with Crippen molar-refractivity contribution < 1.29 is 58.2 Å². The highest BCUT2D eigenvalue weighted by molar-refractivity contribution is 6.45. The van der Waals surface area contributed by atoms with Crippen molar-refractivity contribution >= 4 is 113 Å². The standard InChI is InChI=1S/C126H112N2O12/c1-61(2)87-53-69(121(133)134)54-88(62(3)4)115(87)127-117(129)95-57-99(137-75-33-25-71(26-34-75)123(9,10)11)109-83-45-41-79-91-49-65-21-23-67-51-93-81-43-47-85-106-86(48-44-82(104(81)106)94(93)52-68(67)24-22-66(65)50-92(91)80-42-46-84(105(83)103(79)80)110-100(58-96(118(127)130)107(95)113(109)110)138-76-35-27-72(28-36-76)124(12,13)14)112-102(140-78-39-31-74(32-40-78)126(18,19)20)60-98-108-97(59-101(111(85)114(108)112)139-77-37-29-73(30-38-77)125(15,16)17)119(131)128(120(98)132)116-89(63(5)6)55-70(122(135)136)56-90(116)64(7)8/h21,23,25-64,100,110,118,130H,22,24H2,1-20H3,(H,133,134)(H,135,136)/b23-21-/t100-,110-,118?/m0/s1. The topological polar surface area (TPSA) is 189 Å². The number of benzene rings is 16. The van der Waals surface area contributed by atoms with Crippen molar-refractivity contribution in [3.8, 4) is 95.9 Å². The summed E-state index contributed by atoms with van der Waals surface area (Å²) < 4.78 is 29.6. The van der Waals surface area contributed by atoms with Crippen molar-refractivity contribution in [1.29, 1.82) is 0 Å². The fourth-order valence-electron chi connectivity index (χ4n) is 23.5. The lowest BCUT2D eigenvalue weighted by Gasteiger charge is -2.45. The molecule has 16 aromatic rings. The average molecular weight is 1850 g/mol. The molecule has 3 N–H and O–H groups in total. The largest absolute Gasteiger partial charge is 0.485 e. The van der Waals surface area contributed by atoms with Gasteiger partial charge in [-0.2, -0.15) is 0 Å². The van der Waals surface area contributed by atoms with Crippen LogP contribution < -0.4 is 28.7 Å². The number of hydrogen-bond acceptors (Lipinski definition) is 10. The van der Waals surface area contributed by atoms with Crippen LogP contribution in [0.1, 0.15) is 303 Å². The number of anilines is 2. The number of aryl methyl sites for hydroxylation is 2. The zero-order chi connectivity index (χ0) is 98.1. The number of carboxylic acid groups (broad SMARTS) is 2. The van der Waals surface area contributed by atoms with E-state index in [0.717, 1.165) is 156 Å². The van der Waals surface area contributed by atoms with E-state index >= 15 is 14.4 Å². The van der Waals surface area contributed by atoms with E-state index in [2.05, 4.69) is 217 Å². The zero-order valence-electron chi connectivity index (χ0n) is 82.8. The summed E-state index contributed by atoms with van der Waals surface area (Å²) in [5, 5.41) is 43.3. The highest BCUT2D eigenvalue weighted by Crippen LogP contribution is 2.64. The first-order valence-corrected chi connectivity index (χ1v) is 49.3. The second kappa shape index (κ2) is 31.4. The van der Waals surface area contributed by atoms with Gasteiger partial charge in [-0.25, -0.2) is 14.5 Å². The van der Waals surface area contributed by atoms with Gasteiger partial charge in [-0.3, -0.25) is 19.3 Å². The monoisotopic (exact) mass is 1840 g/mol. The number of nitrogens with zero attached hydrogens (tertiary/aromatic N) is 2.